The molecule has 0 heterocycles. The van der Waals surface area contributed by atoms with Gasteiger partial charge < -0.3 is 14.2 Å². The molecule has 6 heteroatoms. The molecule has 0 aliphatic carbocycles. The van der Waals surface area contributed by atoms with Crippen LogP contribution < -0.4 is 0 Å². The molecule has 1 unspecified atom stereocenters. The molecule has 0 rings (SSSR count). The van der Waals surface area contributed by atoms with E-state index in [2.05, 4.69) is 32.9 Å². The fourth-order valence-corrected chi connectivity index (χ4v) is 9.21. The van der Waals surface area contributed by atoms with E-state index in [-0.39, 0.29) is 31.1 Å². The van der Waals surface area contributed by atoms with Crippen molar-refractivity contribution in [3.63, 3.8) is 0 Å². The van der Waals surface area contributed by atoms with Crippen molar-refractivity contribution in [2.45, 2.75) is 348 Å². The van der Waals surface area contributed by atoms with E-state index in [0.717, 1.165) is 64.2 Å². The van der Waals surface area contributed by atoms with Crippen LogP contribution in [0.5, 0.6) is 0 Å². The van der Waals surface area contributed by atoms with Gasteiger partial charge in [0.15, 0.2) is 6.10 Å². The quantitative estimate of drug-likeness (QED) is 0.0262. The van der Waals surface area contributed by atoms with Gasteiger partial charge in [-0.25, -0.2) is 0 Å². The molecule has 0 aliphatic rings. The zero-order chi connectivity index (χ0) is 48.6. The highest BCUT2D eigenvalue weighted by Gasteiger charge is 2.19. The Morgan fingerprint density at radius 2 is 0.493 bits per heavy atom. The first-order valence-corrected chi connectivity index (χ1v) is 30.2. The van der Waals surface area contributed by atoms with Crippen molar-refractivity contribution in [2.75, 3.05) is 13.2 Å². The van der Waals surface area contributed by atoms with Gasteiger partial charge in [0.05, 0.1) is 0 Å². The van der Waals surface area contributed by atoms with Crippen molar-refractivity contribution in [1.29, 1.82) is 0 Å². The minimum absolute atomic E-state index is 0.0671. The molecular weight excluding hydrogens is 829 g/mol. The first kappa shape index (κ1) is 65.1. The topological polar surface area (TPSA) is 78.9 Å². The Bertz CT molecular complexity index is 1040. The lowest BCUT2D eigenvalue weighted by molar-refractivity contribution is -0.167. The van der Waals surface area contributed by atoms with E-state index in [0.29, 0.717) is 19.3 Å². The summed E-state index contributed by atoms with van der Waals surface area (Å²) in [6.07, 6.45) is 64.9. The Labute approximate surface area is 418 Å². The normalized spacial score (nSPS) is 12.0. The van der Waals surface area contributed by atoms with Crippen LogP contribution in [0.15, 0.2) is 12.2 Å². The average Bonchev–Trinajstić information content (AvgIpc) is 3.33. The maximum Gasteiger partial charge on any atom is 0.306 e. The third kappa shape index (κ3) is 55.0. The highest BCUT2D eigenvalue weighted by Crippen LogP contribution is 2.17. The number of hydrogen-bond donors (Lipinski definition) is 0. The number of carbonyl (C=O) groups excluding carboxylic acids is 3. The number of ether oxygens (including phenoxy) is 3. The van der Waals surface area contributed by atoms with E-state index in [9.17, 15) is 14.4 Å². The highest BCUT2D eigenvalue weighted by atomic mass is 16.6. The molecule has 0 amide bonds. The van der Waals surface area contributed by atoms with Crippen molar-refractivity contribution in [3.05, 3.63) is 12.2 Å². The van der Waals surface area contributed by atoms with Gasteiger partial charge in [0.2, 0.25) is 0 Å². The minimum atomic E-state index is -0.769. The number of carbonyl (C=O) groups is 3. The molecule has 0 radical (unpaired) electrons. The summed E-state index contributed by atoms with van der Waals surface area (Å²) in [5.41, 5.74) is 0. The van der Waals surface area contributed by atoms with Gasteiger partial charge in [0.25, 0.3) is 0 Å². The molecule has 396 valence electrons. The Kier molecular flexibility index (Phi) is 55.2. The molecule has 0 spiro atoms. The Morgan fingerprint density at radius 3 is 0.746 bits per heavy atom. The Hall–Kier alpha value is -1.85. The molecule has 6 nitrogen and oxygen atoms in total. The van der Waals surface area contributed by atoms with Crippen molar-refractivity contribution >= 4 is 17.9 Å². The second kappa shape index (κ2) is 56.7. The summed E-state index contributed by atoms with van der Waals surface area (Å²) < 4.78 is 16.9. The zero-order valence-electron chi connectivity index (χ0n) is 45.5. The summed E-state index contributed by atoms with van der Waals surface area (Å²) in [6, 6.07) is 0. The maximum atomic E-state index is 12.9. The Balaban J connectivity index is 4.31. The van der Waals surface area contributed by atoms with Gasteiger partial charge in [-0.3, -0.25) is 14.4 Å². The van der Waals surface area contributed by atoms with Crippen molar-refractivity contribution in [3.8, 4) is 0 Å². The fourth-order valence-electron chi connectivity index (χ4n) is 9.21. The SMILES string of the molecule is CCCCCCCCC/C=C\CCCCCCCC(=O)OC(COC(=O)CCCCCCCCCCCCCCCCC)COC(=O)CCCCCCCCCCCCCCCCCCCC. The van der Waals surface area contributed by atoms with Gasteiger partial charge in [0, 0.05) is 19.3 Å². The average molecular weight is 946 g/mol. The van der Waals surface area contributed by atoms with Crippen LogP contribution in [0, 0.1) is 0 Å². The van der Waals surface area contributed by atoms with Crippen LogP contribution in [0.4, 0.5) is 0 Å². The lowest BCUT2D eigenvalue weighted by Crippen LogP contribution is -2.30. The predicted octanol–water partition coefficient (Wildman–Crippen LogP) is 20.1. The van der Waals surface area contributed by atoms with Gasteiger partial charge in [0.1, 0.15) is 13.2 Å². The molecule has 0 bridgehead atoms. The zero-order valence-corrected chi connectivity index (χ0v) is 45.5. The minimum Gasteiger partial charge on any atom is -0.462 e. The number of hydrogen-bond acceptors (Lipinski definition) is 6. The Morgan fingerprint density at radius 1 is 0.284 bits per heavy atom. The standard InChI is InChI=1S/C61H116O6/c1-4-7-10-13-16-19-22-25-28-30-31-34-36-39-42-45-48-51-54-60(63)66-57-58(56-65-59(62)53-50-47-44-41-38-35-32-27-24-21-18-15-12-9-6-3)67-61(64)55-52-49-46-43-40-37-33-29-26-23-20-17-14-11-8-5-2/h29,33,58H,4-28,30-32,34-57H2,1-3H3/b33-29-. The molecule has 0 N–H and O–H groups in total. The van der Waals surface area contributed by atoms with Gasteiger partial charge in [-0.15, -0.1) is 0 Å². The van der Waals surface area contributed by atoms with E-state index < -0.39 is 6.10 Å². The monoisotopic (exact) mass is 945 g/mol. The molecule has 0 aliphatic heterocycles. The van der Waals surface area contributed by atoms with Crippen LogP contribution in [-0.2, 0) is 28.6 Å². The van der Waals surface area contributed by atoms with E-state index in [1.54, 1.807) is 0 Å². The van der Waals surface area contributed by atoms with Gasteiger partial charge in [-0.2, -0.15) is 0 Å². The van der Waals surface area contributed by atoms with Gasteiger partial charge in [-0.05, 0) is 44.9 Å². The molecule has 0 aromatic rings. The predicted molar refractivity (Wildman–Crippen MR) is 289 cm³/mol. The van der Waals surface area contributed by atoms with E-state index in [4.69, 9.17) is 14.2 Å². The first-order valence-electron chi connectivity index (χ1n) is 30.2. The number of allylic oxidation sites excluding steroid dienone is 2. The molecule has 0 aromatic carbocycles. The molecule has 0 fully saturated rings. The molecule has 0 aromatic heterocycles. The second-order valence-corrected chi connectivity index (χ2v) is 20.6. The summed E-state index contributed by atoms with van der Waals surface area (Å²) >= 11 is 0. The lowest BCUT2D eigenvalue weighted by atomic mass is 10.0. The molecule has 1 atom stereocenters. The molecule has 0 saturated heterocycles. The van der Waals surface area contributed by atoms with Crippen LogP contribution >= 0.6 is 0 Å². The number of rotatable bonds is 56. The summed E-state index contributed by atoms with van der Waals surface area (Å²) in [6.45, 7) is 6.70. The third-order valence-electron chi connectivity index (χ3n) is 13.8. The highest BCUT2D eigenvalue weighted by molar-refractivity contribution is 5.71. The summed E-state index contributed by atoms with van der Waals surface area (Å²) in [4.78, 5) is 38.2. The number of esters is 3. The van der Waals surface area contributed by atoms with Crippen LogP contribution in [0.1, 0.15) is 342 Å². The van der Waals surface area contributed by atoms with Gasteiger partial charge >= 0.3 is 17.9 Å². The summed E-state index contributed by atoms with van der Waals surface area (Å²) in [5.74, 6) is -0.848. The summed E-state index contributed by atoms with van der Waals surface area (Å²) in [7, 11) is 0. The lowest BCUT2D eigenvalue weighted by Gasteiger charge is -2.18. The molecular formula is C61H116O6. The second-order valence-electron chi connectivity index (χ2n) is 20.6. The van der Waals surface area contributed by atoms with Crippen molar-refractivity contribution in [1.82, 2.24) is 0 Å². The van der Waals surface area contributed by atoms with E-state index in [1.807, 2.05) is 0 Å². The van der Waals surface area contributed by atoms with Crippen LogP contribution in [0.2, 0.25) is 0 Å². The van der Waals surface area contributed by atoms with E-state index in [1.165, 1.54) is 238 Å². The molecule has 0 saturated carbocycles. The fraction of sp³-hybridized carbons (Fsp3) is 0.918. The maximum absolute atomic E-state index is 12.9. The summed E-state index contributed by atoms with van der Waals surface area (Å²) in [5, 5.41) is 0. The third-order valence-corrected chi connectivity index (χ3v) is 13.8. The van der Waals surface area contributed by atoms with Crippen molar-refractivity contribution in [2.24, 2.45) is 0 Å². The van der Waals surface area contributed by atoms with Gasteiger partial charge in [-0.1, -0.05) is 290 Å². The number of unbranched alkanes of at least 4 members (excludes halogenated alkanes) is 43. The molecule has 67 heavy (non-hydrogen) atoms. The van der Waals surface area contributed by atoms with Crippen LogP contribution in [-0.4, -0.2) is 37.2 Å². The van der Waals surface area contributed by atoms with Crippen LogP contribution in [0.3, 0.4) is 0 Å². The smallest absolute Gasteiger partial charge is 0.306 e. The van der Waals surface area contributed by atoms with E-state index >= 15 is 0 Å². The largest absolute Gasteiger partial charge is 0.462 e. The van der Waals surface area contributed by atoms with Crippen LogP contribution in [0.25, 0.3) is 0 Å². The van der Waals surface area contributed by atoms with Crippen molar-refractivity contribution < 1.29 is 28.6 Å². The first-order chi connectivity index (χ1) is 33.0.